The summed E-state index contributed by atoms with van der Waals surface area (Å²) in [5.41, 5.74) is 5.09. The molecule has 7 heteroatoms. The first kappa shape index (κ1) is 21.5. The van der Waals surface area contributed by atoms with E-state index in [1.54, 1.807) is 12.1 Å². The van der Waals surface area contributed by atoms with Crippen LogP contribution in [0.1, 0.15) is 34.7 Å². The monoisotopic (exact) mass is 437 g/mol. The lowest BCUT2D eigenvalue weighted by molar-refractivity contribution is 0.277. The molecule has 1 aromatic carbocycles. The molecule has 1 N–H and O–H groups in total. The molecule has 31 heavy (non-hydrogen) atoms. The van der Waals surface area contributed by atoms with Crippen molar-refractivity contribution in [3.63, 3.8) is 0 Å². The van der Waals surface area contributed by atoms with Gasteiger partial charge in [-0.15, -0.1) is 0 Å². The van der Waals surface area contributed by atoms with E-state index < -0.39 is 0 Å². The van der Waals surface area contributed by atoms with Crippen LogP contribution in [0.15, 0.2) is 54.7 Å². The van der Waals surface area contributed by atoms with Gasteiger partial charge in [0.1, 0.15) is 5.82 Å². The minimum absolute atomic E-state index is 0.00383. The predicted molar refractivity (Wildman–Crippen MR) is 126 cm³/mol. The Morgan fingerprint density at radius 1 is 1.13 bits per heavy atom. The van der Waals surface area contributed by atoms with Crippen LogP contribution >= 0.6 is 12.2 Å². The maximum Gasteiger partial charge on any atom is 0.170 e. The normalized spacial score (nSPS) is 18.6. The van der Waals surface area contributed by atoms with E-state index in [1.807, 2.05) is 30.5 Å². The van der Waals surface area contributed by atoms with E-state index in [4.69, 9.17) is 12.2 Å². The van der Waals surface area contributed by atoms with Gasteiger partial charge in [0.15, 0.2) is 5.11 Å². The minimum atomic E-state index is -0.241. The molecule has 2 atom stereocenters. The summed E-state index contributed by atoms with van der Waals surface area (Å²) in [6.07, 6.45) is 1.82. The van der Waals surface area contributed by atoms with Gasteiger partial charge >= 0.3 is 0 Å². The summed E-state index contributed by atoms with van der Waals surface area (Å²) in [6.45, 7) is 5.84. The van der Waals surface area contributed by atoms with Crippen LogP contribution < -0.4 is 5.32 Å². The Hall–Kier alpha value is -2.77. The van der Waals surface area contributed by atoms with Gasteiger partial charge in [-0.3, -0.25) is 4.98 Å². The SMILES string of the molecule is Cc1cc([C@@H]2[C@H](c3ccccn3)NC(=S)N2CCN(C)C)c(C)n1-c1cccc(F)c1. The average Bonchev–Trinajstić information content (AvgIpc) is 3.22. The Kier molecular flexibility index (Phi) is 6.07. The number of aromatic nitrogens is 2. The number of pyridine rings is 1. The number of thiocarbonyl (C=S) groups is 1. The molecular weight excluding hydrogens is 409 g/mol. The number of hydrogen-bond acceptors (Lipinski definition) is 3. The highest BCUT2D eigenvalue weighted by Gasteiger charge is 2.41. The summed E-state index contributed by atoms with van der Waals surface area (Å²) >= 11 is 5.75. The Bertz CT molecular complexity index is 1080. The van der Waals surface area contributed by atoms with E-state index in [0.717, 1.165) is 41.0 Å². The first-order valence-electron chi connectivity index (χ1n) is 10.4. The second-order valence-corrected chi connectivity index (χ2v) is 8.65. The van der Waals surface area contributed by atoms with Gasteiger partial charge in [0.25, 0.3) is 0 Å². The van der Waals surface area contributed by atoms with E-state index >= 15 is 0 Å². The van der Waals surface area contributed by atoms with Crippen LogP contribution in [0.3, 0.4) is 0 Å². The molecule has 162 valence electrons. The molecule has 0 amide bonds. The quantitative estimate of drug-likeness (QED) is 0.586. The maximum atomic E-state index is 13.9. The summed E-state index contributed by atoms with van der Waals surface area (Å²) in [5.74, 6) is -0.241. The molecule has 2 aromatic heterocycles. The largest absolute Gasteiger partial charge is 0.352 e. The molecule has 3 aromatic rings. The Balaban J connectivity index is 1.81. The van der Waals surface area contributed by atoms with Crippen LogP contribution in [0.25, 0.3) is 5.69 Å². The van der Waals surface area contributed by atoms with E-state index in [1.165, 1.54) is 11.6 Å². The molecule has 0 saturated carbocycles. The Morgan fingerprint density at radius 2 is 1.94 bits per heavy atom. The van der Waals surface area contributed by atoms with E-state index in [0.29, 0.717) is 0 Å². The number of aryl methyl sites for hydroxylation is 1. The molecule has 0 unspecified atom stereocenters. The van der Waals surface area contributed by atoms with Crippen molar-refractivity contribution in [1.82, 2.24) is 24.7 Å². The zero-order chi connectivity index (χ0) is 22.1. The smallest absolute Gasteiger partial charge is 0.170 e. The highest BCUT2D eigenvalue weighted by atomic mass is 32.1. The summed E-state index contributed by atoms with van der Waals surface area (Å²) in [5, 5.41) is 4.24. The third kappa shape index (κ3) is 4.20. The van der Waals surface area contributed by atoms with Gasteiger partial charge in [-0.1, -0.05) is 12.1 Å². The molecule has 0 radical (unpaired) electrons. The summed E-state index contributed by atoms with van der Waals surface area (Å²) in [7, 11) is 4.13. The molecule has 1 saturated heterocycles. The molecule has 0 aliphatic carbocycles. The fourth-order valence-electron chi connectivity index (χ4n) is 4.39. The number of nitrogens with one attached hydrogen (secondary N) is 1. The molecule has 1 aliphatic rings. The van der Waals surface area contributed by atoms with Gasteiger partial charge in [-0.2, -0.15) is 0 Å². The second-order valence-electron chi connectivity index (χ2n) is 8.27. The fourth-order valence-corrected chi connectivity index (χ4v) is 4.72. The Labute approximate surface area is 188 Å². The summed E-state index contributed by atoms with van der Waals surface area (Å²) < 4.78 is 16.0. The van der Waals surface area contributed by atoms with Gasteiger partial charge in [0.05, 0.1) is 17.8 Å². The van der Waals surface area contributed by atoms with Crippen LogP contribution in [0.2, 0.25) is 0 Å². The van der Waals surface area contributed by atoms with Gasteiger partial charge in [0.2, 0.25) is 0 Å². The first-order valence-corrected chi connectivity index (χ1v) is 10.8. The van der Waals surface area contributed by atoms with Crippen molar-refractivity contribution in [2.24, 2.45) is 0 Å². The van der Waals surface area contributed by atoms with Crippen LogP contribution in [0.4, 0.5) is 4.39 Å². The number of halogens is 1. The summed E-state index contributed by atoms with van der Waals surface area (Å²) in [6, 6.07) is 14.8. The third-order valence-electron chi connectivity index (χ3n) is 5.84. The van der Waals surface area contributed by atoms with E-state index in [-0.39, 0.29) is 17.9 Å². The standard InChI is InChI=1S/C24H28FN5S/c1-16-14-20(17(2)30(16)19-9-7-8-18(25)15-19)23-22(21-10-5-6-11-26-21)27-24(31)29(23)13-12-28(3)4/h5-11,14-15,22-23H,12-13H2,1-4H3,(H,27,31)/t22-,23+/m0/s1. The molecule has 3 heterocycles. The maximum absolute atomic E-state index is 13.9. The van der Waals surface area contributed by atoms with Crippen LogP contribution in [0, 0.1) is 19.7 Å². The van der Waals surface area contributed by atoms with Crippen LogP contribution in [0.5, 0.6) is 0 Å². The van der Waals surface area contributed by atoms with Crippen molar-refractivity contribution in [3.8, 4) is 5.69 Å². The van der Waals surface area contributed by atoms with Crippen molar-refractivity contribution < 1.29 is 4.39 Å². The predicted octanol–water partition coefficient (Wildman–Crippen LogP) is 4.16. The van der Waals surface area contributed by atoms with E-state index in [9.17, 15) is 4.39 Å². The first-order chi connectivity index (χ1) is 14.9. The molecular formula is C24H28FN5S. The lowest BCUT2D eigenvalue weighted by Gasteiger charge is -2.29. The molecule has 1 aliphatic heterocycles. The van der Waals surface area contributed by atoms with Crippen molar-refractivity contribution in [3.05, 3.63) is 83.2 Å². The number of benzene rings is 1. The van der Waals surface area contributed by atoms with Crippen molar-refractivity contribution >= 4 is 17.3 Å². The minimum Gasteiger partial charge on any atom is -0.352 e. The average molecular weight is 438 g/mol. The second kappa shape index (κ2) is 8.77. The number of nitrogens with zero attached hydrogens (tertiary/aromatic N) is 4. The zero-order valence-electron chi connectivity index (χ0n) is 18.3. The molecule has 0 spiro atoms. The van der Waals surface area contributed by atoms with Crippen molar-refractivity contribution in [2.45, 2.75) is 25.9 Å². The van der Waals surface area contributed by atoms with Gasteiger partial charge < -0.3 is 19.7 Å². The lowest BCUT2D eigenvalue weighted by Crippen LogP contribution is -2.35. The van der Waals surface area contributed by atoms with Crippen LogP contribution in [-0.2, 0) is 0 Å². The molecule has 5 nitrogen and oxygen atoms in total. The number of likely N-dealkylation sites (N-methyl/N-ethyl adjacent to an activating group) is 1. The highest BCUT2D eigenvalue weighted by Crippen LogP contribution is 2.41. The summed E-state index contributed by atoms with van der Waals surface area (Å²) in [4.78, 5) is 9.03. The van der Waals surface area contributed by atoms with Crippen molar-refractivity contribution in [1.29, 1.82) is 0 Å². The topological polar surface area (TPSA) is 36.3 Å². The number of rotatable bonds is 6. The Morgan fingerprint density at radius 3 is 2.61 bits per heavy atom. The van der Waals surface area contributed by atoms with Crippen LogP contribution in [-0.4, -0.2) is 51.6 Å². The molecule has 0 bridgehead atoms. The molecule has 4 rings (SSSR count). The van der Waals surface area contributed by atoms with Gasteiger partial charge in [-0.25, -0.2) is 4.39 Å². The lowest BCUT2D eigenvalue weighted by atomic mass is 9.97. The van der Waals surface area contributed by atoms with Gasteiger partial charge in [-0.05, 0) is 82.1 Å². The van der Waals surface area contributed by atoms with Crippen molar-refractivity contribution in [2.75, 3.05) is 27.2 Å². The zero-order valence-corrected chi connectivity index (χ0v) is 19.2. The number of hydrogen-bond donors (Lipinski definition) is 1. The highest BCUT2D eigenvalue weighted by molar-refractivity contribution is 7.80. The molecule has 1 fully saturated rings. The van der Waals surface area contributed by atoms with E-state index in [2.05, 4.69) is 58.7 Å². The third-order valence-corrected chi connectivity index (χ3v) is 6.19. The van der Waals surface area contributed by atoms with Gasteiger partial charge in [0, 0.05) is 36.4 Å². The fraction of sp³-hybridized carbons (Fsp3) is 0.333.